The number of carbonyl (C=O) groups is 1. The Balaban J connectivity index is 1.97. The van der Waals surface area contributed by atoms with Crippen molar-refractivity contribution in [2.45, 2.75) is 58.3 Å². The van der Waals surface area contributed by atoms with E-state index in [4.69, 9.17) is 0 Å². The lowest BCUT2D eigenvalue weighted by Crippen LogP contribution is -2.45. The summed E-state index contributed by atoms with van der Waals surface area (Å²) in [6.07, 6.45) is 8.99. The molecule has 0 spiro atoms. The number of nitrogens with zero attached hydrogens (tertiary/aromatic N) is 1. The molecule has 0 aliphatic heterocycles. The van der Waals surface area contributed by atoms with Gasteiger partial charge in [-0.25, -0.2) is 0 Å². The van der Waals surface area contributed by atoms with Gasteiger partial charge in [-0.2, -0.15) is 0 Å². The zero-order chi connectivity index (χ0) is 13.0. The summed E-state index contributed by atoms with van der Waals surface area (Å²) in [5, 5.41) is 9.63. The molecule has 0 radical (unpaired) electrons. The zero-order valence-electron chi connectivity index (χ0n) is 11.7. The predicted octanol–water partition coefficient (Wildman–Crippen LogP) is 3.14. The van der Waals surface area contributed by atoms with Crippen LogP contribution in [0.3, 0.4) is 0 Å². The normalized spacial score (nSPS) is 23.2. The summed E-state index contributed by atoms with van der Waals surface area (Å²) in [6.45, 7) is 5.16. The minimum Gasteiger partial charge on any atom is -0.481 e. The minimum absolute atomic E-state index is 0.442. The van der Waals surface area contributed by atoms with Crippen molar-refractivity contribution in [1.82, 2.24) is 4.90 Å². The second-order valence-corrected chi connectivity index (χ2v) is 6.32. The molecule has 0 bridgehead atoms. The molecule has 2 rings (SSSR count). The number of carboxylic acids is 1. The molecule has 2 saturated carbocycles. The van der Waals surface area contributed by atoms with Crippen LogP contribution in [0.25, 0.3) is 0 Å². The highest BCUT2D eigenvalue weighted by Gasteiger charge is 2.41. The summed E-state index contributed by atoms with van der Waals surface area (Å²) in [5.74, 6) is 0.296. The van der Waals surface area contributed by atoms with Crippen molar-refractivity contribution >= 4 is 5.97 Å². The third-order valence-electron chi connectivity index (χ3n) is 4.54. The molecule has 18 heavy (non-hydrogen) atoms. The van der Waals surface area contributed by atoms with Crippen molar-refractivity contribution in [3.05, 3.63) is 0 Å². The molecule has 3 nitrogen and oxygen atoms in total. The minimum atomic E-state index is -0.556. The lowest BCUT2D eigenvalue weighted by atomic mass is 9.73. The maximum Gasteiger partial charge on any atom is 0.310 e. The first-order chi connectivity index (χ1) is 8.66. The van der Waals surface area contributed by atoms with Crippen LogP contribution in [0.1, 0.15) is 58.3 Å². The van der Waals surface area contributed by atoms with Crippen molar-refractivity contribution in [3.63, 3.8) is 0 Å². The lowest BCUT2D eigenvalue weighted by Gasteiger charge is -2.37. The summed E-state index contributed by atoms with van der Waals surface area (Å²) in [4.78, 5) is 14.1. The zero-order valence-corrected chi connectivity index (χ0v) is 11.7. The molecular formula is C15H27NO2. The van der Waals surface area contributed by atoms with E-state index in [2.05, 4.69) is 11.8 Å². The first-order valence-corrected chi connectivity index (χ1v) is 7.62. The van der Waals surface area contributed by atoms with Crippen LogP contribution in [0, 0.1) is 11.3 Å². The van der Waals surface area contributed by atoms with Crippen LogP contribution >= 0.6 is 0 Å². The molecule has 104 valence electrons. The van der Waals surface area contributed by atoms with E-state index >= 15 is 0 Å². The average molecular weight is 253 g/mol. The summed E-state index contributed by atoms with van der Waals surface area (Å²) in [5.41, 5.74) is -0.442. The van der Waals surface area contributed by atoms with Crippen molar-refractivity contribution < 1.29 is 9.90 Å². The summed E-state index contributed by atoms with van der Waals surface area (Å²) >= 11 is 0. The van der Waals surface area contributed by atoms with E-state index in [-0.39, 0.29) is 0 Å². The molecule has 0 amide bonds. The van der Waals surface area contributed by atoms with Gasteiger partial charge in [-0.1, -0.05) is 26.2 Å². The molecule has 2 fully saturated rings. The van der Waals surface area contributed by atoms with Gasteiger partial charge in [0.25, 0.3) is 0 Å². The van der Waals surface area contributed by atoms with Gasteiger partial charge in [0, 0.05) is 13.1 Å². The van der Waals surface area contributed by atoms with Gasteiger partial charge < -0.3 is 10.0 Å². The van der Waals surface area contributed by atoms with Crippen molar-refractivity contribution in [2.24, 2.45) is 11.3 Å². The lowest BCUT2D eigenvalue weighted by molar-refractivity contribution is -0.152. The van der Waals surface area contributed by atoms with E-state index in [1.165, 1.54) is 19.3 Å². The number of hydrogen-bond donors (Lipinski definition) is 1. The van der Waals surface area contributed by atoms with E-state index in [1.54, 1.807) is 0 Å². The van der Waals surface area contributed by atoms with Gasteiger partial charge in [0.2, 0.25) is 0 Å². The number of rotatable bonds is 7. The Morgan fingerprint density at radius 1 is 1.28 bits per heavy atom. The molecule has 3 heteroatoms. The molecule has 0 saturated heterocycles. The molecule has 2 aliphatic rings. The number of aliphatic carboxylic acids is 1. The first kappa shape index (κ1) is 13.9. The molecule has 1 N–H and O–H groups in total. The van der Waals surface area contributed by atoms with E-state index in [9.17, 15) is 9.90 Å². The SMILES string of the molecule is CCCN(CC1CC1)CC1(C(=O)O)CCCCC1. The highest BCUT2D eigenvalue weighted by Crippen LogP contribution is 2.38. The monoisotopic (exact) mass is 253 g/mol. The molecule has 0 aromatic rings. The summed E-state index contributed by atoms with van der Waals surface area (Å²) in [7, 11) is 0. The highest BCUT2D eigenvalue weighted by molar-refractivity contribution is 5.75. The molecule has 0 atom stereocenters. The van der Waals surface area contributed by atoms with Gasteiger partial charge in [-0.05, 0) is 44.6 Å². The molecule has 0 heterocycles. The quantitative estimate of drug-likeness (QED) is 0.757. The van der Waals surface area contributed by atoms with E-state index in [1.807, 2.05) is 0 Å². The topological polar surface area (TPSA) is 40.5 Å². The maximum atomic E-state index is 11.7. The molecule has 2 aliphatic carbocycles. The fourth-order valence-corrected chi connectivity index (χ4v) is 3.31. The number of hydrogen-bond acceptors (Lipinski definition) is 2. The van der Waals surface area contributed by atoms with Gasteiger partial charge in [0.05, 0.1) is 5.41 Å². The van der Waals surface area contributed by atoms with E-state index in [0.29, 0.717) is 0 Å². The van der Waals surface area contributed by atoms with Gasteiger partial charge in [-0.15, -0.1) is 0 Å². The third-order valence-corrected chi connectivity index (χ3v) is 4.54. The Morgan fingerprint density at radius 2 is 1.94 bits per heavy atom. The Morgan fingerprint density at radius 3 is 2.44 bits per heavy atom. The van der Waals surface area contributed by atoms with Crippen LogP contribution in [-0.4, -0.2) is 35.6 Å². The Bertz CT molecular complexity index is 280. The predicted molar refractivity (Wildman–Crippen MR) is 72.6 cm³/mol. The van der Waals surface area contributed by atoms with Gasteiger partial charge >= 0.3 is 5.97 Å². The second kappa shape index (κ2) is 6.05. The van der Waals surface area contributed by atoms with E-state index in [0.717, 1.165) is 57.7 Å². The van der Waals surface area contributed by atoms with Crippen LogP contribution < -0.4 is 0 Å². The largest absolute Gasteiger partial charge is 0.481 e. The van der Waals surface area contributed by atoms with Crippen molar-refractivity contribution in [1.29, 1.82) is 0 Å². The first-order valence-electron chi connectivity index (χ1n) is 7.62. The smallest absolute Gasteiger partial charge is 0.310 e. The van der Waals surface area contributed by atoms with Gasteiger partial charge in [0.1, 0.15) is 0 Å². The van der Waals surface area contributed by atoms with Crippen molar-refractivity contribution in [2.75, 3.05) is 19.6 Å². The molecule has 0 unspecified atom stereocenters. The molecular weight excluding hydrogens is 226 g/mol. The Kier molecular flexibility index (Phi) is 4.66. The van der Waals surface area contributed by atoms with Crippen LogP contribution in [-0.2, 0) is 4.79 Å². The van der Waals surface area contributed by atoms with Gasteiger partial charge in [-0.3, -0.25) is 4.79 Å². The maximum absolute atomic E-state index is 11.7. The van der Waals surface area contributed by atoms with Crippen LogP contribution in [0.5, 0.6) is 0 Å². The molecule has 0 aromatic carbocycles. The Hall–Kier alpha value is -0.570. The summed E-state index contributed by atoms with van der Waals surface area (Å²) in [6, 6.07) is 0. The van der Waals surface area contributed by atoms with Crippen LogP contribution in [0.4, 0.5) is 0 Å². The van der Waals surface area contributed by atoms with E-state index < -0.39 is 11.4 Å². The average Bonchev–Trinajstić information content (AvgIpc) is 3.14. The van der Waals surface area contributed by atoms with Crippen molar-refractivity contribution in [3.8, 4) is 0 Å². The standard InChI is InChI=1S/C15H27NO2/c1-2-10-16(11-13-6-7-13)12-15(14(17)18)8-4-3-5-9-15/h13H,2-12H2,1H3,(H,17,18). The fourth-order valence-electron chi connectivity index (χ4n) is 3.31. The third kappa shape index (κ3) is 3.47. The molecule has 0 aromatic heterocycles. The summed E-state index contributed by atoms with van der Waals surface area (Å²) < 4.78 is 0. The van der Waals surface area contributed by atoms with Gasteiger partial charge in [0.15, 0.2) is 0 Å². The Labute approximate surface area is 111 Å². The number of carboxylic acid groups (broad SMARTS) is 1. The highest BCUT2D eigenvalue weighted by atomic mass is 16.4. The second-order valence-electron chi connectivity index (χ2n) is 6.32. The fraction of sp³-hybridized carbons (Fsp3) is 0.933. The van der Waals surface area contributed by atoms with Crippen LogP contribution in [0.15, 0.2) is 0 Å². The van der Waals surface area contributed by atoms with Crippen LogP contribution in [0.2, 0.25) is 0 Å².